The van der Waals surface area contributed by atoms with Gasteiger partial charge in [-0.25, -0.2) is 18.6 Å². The van der Waals surface area contributed by atoms with E-state index in [1.54, 1.807) is 0 Å². The molecular formula is C50H53F2N7O22. The first-order valence-corrected chi connectivity index (χ1v) is 24.6. The molecule has 0 spiro atoms. The van der Waals surface area contributed by atoms with Crippen LogP contribution in [0.4, 0.5) is 14.5 Å². The van der Waals surface area contributed by atoms with Gasteiger partial charge >= 0.3 is 5.79 Å². The van der Waals surface area contributed by atoms with Crippen LogP contribution in [0.5, 0.6) is 5.75 Å². The van der Waals surface area contributed by atoms with E-state index in [9.17, 15) is 104 Å². The molecule has 6 aliphatic rings. The second-order valence-corrected chi connectivity index (χ2v) is 19.5. The third kappa shape index (κ3) is 9.94. The number of hydrogen-bond acceptors (Lipinski definition) is 25. The maximum absolute atomic E-state index is 14.9. The van der Waals surface area contributed by atoms with Crippen molar-refractivity contribution in [3.63, 3.8) is 0 Å². The van der Waals surface area contributed by atoms with Crippen LogP contribution >= 0.6 is 0 Å². The summed E-state index contributed by atoms with van der Waals surface area (Å²) in [5.74, 6) is -29.2. The summed E-state index contributed by atoms with van der Waals surface area (Å²) in [7, 11) is 0. The van der Waals surface area contributed by atoms with Crippen molar-refractivity contribution in [2.45, 2.75) is 73.0 Å². The van der Waals surface area contributed by atoms with E-state index < -0.39 is 124 Å². The number of carbonyl (C=O) groups excluding carboxylic acids is 6. The molecular weight excluding hydrogens is 1090 g/mol. The number of anilines is 1. The molecule has 81 heavy (non-hydrogen) atoms. The van der Waals surface area contributed by atoms with Gasteiger partial charge < -0.3 is 85.9 Å². The van der Waals surface area contributed by atoms with Gasteiger partial charge in [-0.3, -0.25) is 49.2 Å². The standard InChI is InChI=1S/C25H27FN4O10.C25H26FN3O12/c26-16-5-4-13(24(36,37)29-8-10-40-11-9-29)12-15(16)23(34,35)28-17-3-1-2-14-20(17)25(38,39)30(22(14)33)18-6-7-19(31)27-21(18)32;26-17-5-4-14(24(36,37)28-6-8-40-9-7-28)10-13(17)12-41-18-3-1-2-15-16(18)11-29(19(15)30)22(33)20(31)27-21(32)23(34,35)25(22,38)39/h1-5,12,18,28,34-39H,6-11H2,(H,27,31,32);1-5,10,33-39H,6-9,11-12H2,(H,27,31,32). The number of carbonyl (C=O) groups is 6. The highest BCUT2D eigenvalue weighted by atomic mass is 19.1. The molecule has 434 valence electrons. The van der Waals surface area contributed by atoms with Crippen molar-refractivity contribution < 1.29 is 118 Å². The Morgan fingerprint density at radius 1 is 0.679 bits per heavy atom. The highest BCUT2D eigenvalue weighted by molar-refractivity contribution is 6.10. The summed E-state index contributed by atoms with van der Waals surface area (Å²) < 4.78 is 45.7. The van der Waals surface area contributed by atoms with Crippen molar-refractivity contribution in [3.8, 4) is 5.75 Å². The van der Waals surface area contributed by atoms with Crippen molar-refractivity contribution in [1.29, 1.82) is 0 Å². The number of ether oxygens (including phenoxy) is 3. The summed E-state index contributed by atoms with van der Waals surface area (Å²) in [4.78, 5) is 77.8. The SMILES string of the molecule is O=C1CCC(N2C(=O)c3cccc(NC(O)(O)c4cc(C(O)(O)N5CCOCC5)ccc4F)c3C2(O)O)C(=O)N1.O=C1c2cccc(OCc3cc(C(O)(O)N4CCOCC4)ccc3F)c2CN1C1(O)C(=O)NC(=O)C(O)(O)C1(O)O. The van der Waals surface area contributed by atoms with Crippen molar-refractivity contribution in [2.24, 2.45) is 0 Å². The Labute approximate surface area is 454 Å². The number of aliphatic hydroxyl groups is 13. The molecule has 4 aromatic rings. The molecule has 0 bridgehead atoms. The lowest BCUT2D eigenvalue weighted by Gasteiger charge is -2.50. The first-order chi connectivity index (χ1) is 37.9. The molecule has 2 atom stereocenters. The number of benzene rings is 4. The van der Waals surface area contributed by atoms with Gasteiger partial charge in [-0.05, 0) is 67.1 Å². The minimum Gasteiger partial charge on any atom is -0.488 e. The maximum atomic E-state index is 14.9. The van der Waals surface area contributed by atoms with Gasteiger partial charge in [-0.15, -0.1) is 0 Å². The quantitative estimate of drug-likeness (QED) is 0.0464. The number of halogens is 2. The number of rotatable bonds is 12. The molecule has 2 unspecified atom stereocenters. The lowest BCUT2D eigenvalue weighted by molar-refractivity contribution is -0.407. The second-order valence-electron chi connectivity index (χ2n) is 19.5. The number of nitrogens with one attached hydrogen (secondary N) is 3. The van der Waals surface area contributed by atoms with Crippen LogP contribution in [0.2, 0.25) is 0 Å². The zero-order chi connectivity index (χ0) is 59.0. The highest BCUT2D eigenvalue weighted by Gasteiger charge is 2.76. The van der Waals surface area contributed by atoms with Crippen LogP contribution < -0.4 is 20.7 Å². The Morgan fingerprint density at radius 3 is 1.85 bits per heavy atom. The van der Waals surface area contributed by atoms with Crippen molar-refractivity contribution in [1.82, 2.24) is 30.2 Å². The van der Waals surface area contributed by atoms with Crippen molar-refractivity contribution in [2.75, 3.05) is 57.9 Å². The van der Waals surface area contributed by atoms with E-state index >= 15 is 0 Å². The van der Waals surface area contributed by atoms with Crippen LogP contribution in [0.3, 0.4) is 0 Å². The molecule has 29 nitrogen and oxygen atoms in total. The van der Waals surface area contributed by atoms with E-state index in [1.807, 2.05) is 5.32 Å². The fraction of sp³-hybridized carbons (Fsp3) is 0.400. The smallest absolute Gasteiger partial charge is 0.306 e. The molecule has 4 fully saturated rings. The molecule has 4 aromatic carbocycles. The van der Waals surface area contributed by atoms with Crippen LogP contribution in [-0.2, 0) is 65.4 Å². The summed E-state index contributed by atoms with van der Waals surface area (Å²) in [5.41, 5.74) is -6.51. The molecule has 0 saturated carbocycles. The molecule has 31 heteroatoms. The molecule has 6 amide bonds. The first kappa shape index (κ1) is 58.5. The molecule has 10 rings (SSSR count). The largest absolute Gasteiger partial charge is 0.488 e. The minimum absolute atomic E-state index is 0.00329. The third-order valence-corrected chi connectivity index (χ3v) is 14.6. The number of nitrogens with zero attached hydrogens (tertiary/aromatic N) is 4. The Morgan fingerprint density at radius 2 is 1.25 bits per heavy atom. The Balaban J connectivity index is 0.000000196. The number of amides is 6. The maximum Gasteiger partial charge on any atom is 0.306 e. The van der Waals surface area contributed by atoms with E-state index in [-0.39, 0.29) is 109 Å². The Bertz CT molecular complexity index is 3220. The molecule has 6 heterocycles. The normalized spacial score (nSPS) is 23.1. The van der Waals surface area contributed by atoms with Gasteiger partial charge in [0, 0.05) is 66.1 Å². The van der Waals surface area contributed by atoms with E-state index in [0.717, 1.165) is 30.3 Å². The molecule has 0 aromatic heterocycles. The van der Waals surface area contributed by atoms with Crippen LogP contribution in [0, 0.1) is 11.6 Å². The fourth-order valence-corrected chi connectivity index (χ4v) is 10.1. The number of morpholine rings is 2. The van der Waals surface area contributed by atoms with Gasteiger partial charge in [0.05, 0.1) is 49.7 Å². The molecule has 0 aliphatic carbocycles. The monoisotopic (exact) mass is 1140 g/mol. The van der Waals surface area contributed by atoms with Crippen molar-refractivity contribution >= 4 is 41.1 Å². The van der Waals surface area contributed by atoms with Gasteiger partial charge in [-0.1, -0.05) is 12.1 Å². The topological polar surface area (TPSA) is 442 Å². The number of hydrogen-bond donors (Lipinski definition) is 16. The lowest BCUT2D eigenvalue weighted by Crippen LogP contribution is -2.85. The third-order valence-electron chi connectivity index (χ3n) is 14.6. The number of fused-ring (bicyclic) bond motifs is 2. The summed E-state index contributed by atoms with van der Waals surface area (Å²) in [6.45, 7) is 0.425. The lowest BCUT2D eigenvalue weighted by atomic mass is 9.86. The van der Waals surface area contributed by atoms with E-state index in [1.165, 1.54) is 57.6 Å². The zero-order valence-corrected chi connectivity index (χ0v) is 42.0. The summed E-state index contributed by atoms with van der Waals surface area (Å²) in [6.07, 6.45) is -0.351. The van der Waals surface area contributed by atoms with Crippen LogP contribution in [0.15, 0.2) is 72.8 Å². The number of piperidine rings is 2. The van der Waals surface area contributed by atoms with Crippen LogP contribution in [0.1, 0.15) is 66.9 Å². The average Bonchev–Trinajstić information content (AvgIpc) is 4.15. The first-order valence-electron chi connectivity index (χ1n) is 24.6. The van der Waals surface area contributed by atoms with E-state index in [0.29, 0.717) is 4.90 Å². The van der Waals surface area contributed by atoms with Crippen LogP contribution in [0.25, 0.3) is 0 Å². The van der Waals surface area contributed by atoms with E-state index in [2.05, 4.69) is 5.32 Å². The van der Waals surface area contributed by atoms with Gasteiger partial charge in [0.25, 0.3) is 58.8 Å². The van der Waals surface area contributed by atoms with Crippen molar-refractivity contribution in [3.05, 3.63) is 129 Å². The molecule has 0 radical (unpaired) electrons. The zero-order valence-electron chi connectivity index (χ0n) is 42.0. The summed E-state index contributed by atoms with van der Waals surface area (Å²) in [5, 5.41) is 144. The Hall–Kier alpha value is -7.12. The summed E-state index contributed by atoms with van der Waals surface area (Å²) >= 11 is 0. The fourth-order valence-electron chi connectivity index (χ4n) is 10.1. The van der Waals surface area contributed by atoms with Crippen LogP contribution in [-0.4, -0.2) is 197 Å². The predicted molar refractivity (Wildman–Crippen MR) is 258 cm³/mol. The average molecular weight is 1140 g/mol. The van der Waals surface area contributed by atoms with Gasteiger partial charge in [-0.2, -0.15) is 0 Å². The molecule has 4 saturated heterocycles. The van der Waals surface area contributed by atoms with Gasteiger partial charge in [0.2, 0.25) is 11.8 Å². The second kappa shape index (κ2) is 21.0. The Kier molecular flexibility index (Phi) is 15.2. The summed E-state index contributed by atoms with van der Waals surface area (Å²) in [6, 6.07) is 12.2. The predicted octanol–water partition coefficient (Wildman–Crippen LogP) is -5.69. The van der Waals surface area contributed by atoms with Gasteiger partial charge in [0.15, 0.2) is 0 Å². The number of imide groups is 2. The molecule has 6 aliphatic heterocycles. The highest BCUT2D eigenvalue weighted by Crippen LogP contribution is 2.45. The minimum atomic E-state index is -4.26. The molecule has 16 N–H and O–H groups in total. The van der Waals surface area contributed by atoms with Gasteiger partial charge in [0.1, 0.15) is 30.0 Å². The van der Waals surface area contributed by atoms with E-state index in [4.69, 9.17) is 14.2 Å².